The third-order valence-electron chi connectivity index (χ3n) is 12.8. The van der Waals surface area contributed by atoms with Crippen LogP contribution in [-0.2, 0) is 28.6 Å². The summed E-state index contributed by atoms with van der Waals surface area (Å²) in [6.07, 6.45) is 46.6. The van der Waals surface area contributed by atoms with Crippen LogP contribution in [0.1, 0.15) is 298 Å². The molecule has 0 aliphatic rings. The van der Waals surface area contributed by atoms with Gasteiger partial charge >= 0.3 is 17.9 Å². The van der Waals surface area contributed by atoms with E-state index in [2.05, 4.69) is 41.5 Å². The molecular weight excluding hydrogens is 757 g/mol. The number of carbonyl (C=O) groups is 3. The first-order chi connectivity index (χ1) is 29.6. The molecule has 0 N–H and O–H groups in total. The molecule has 0 aromatic carbocycles. The van der Waals surface area contributed by atoms with E-state index in [-0.39, 0.29) is 31.1 Å². The lowest BCUT2D eigenvalue weighted by Gasteiger charge is -2.18. The summed E-state index contributed by atoms with van der Waals surface area (Å²) in [5, 5.41) is 0. The average molecular weight is 863 g/mol. The second-order valence-corrected chi connectivity index (χ2v) is 20.1. The van der Waals surface area contributed by atoms with Crippen LogP contribution in [0.2, 0.25) is 0 Å². The first-order valence-corrected chi connectivity index (χ1v) is 27.1. The first-order valence-electron chi connectivity index (χ1n) is 27.1. The zero-order valence-corrected chi connectivity index (χ0v) is 42.0. The van der Waals surface area contributed by atoms with E-state index in [0.717, 1.165) is 75.5 Å². The summed E-state index contributed by atoms with van der Waals surface area (Å²) in [7, 11) is 0. The molecule has 0 heterocycles. The third kappa shape index (κ3) is 47.7. The SMILES string of the molecule is CCC(C)CCCCCCCCCCCCCCCCC(=O)OC[C@@H](COC(=O)CCCCCCCCCCC(C)C)OC(=O)CCCCCCCCCCCCCC(C)C. The van der Waals surface area contributed by atoms with Gasteiger partial charge in [-0.1, -0.05) is 260 Å². The summed E-state index contributed by atoms with van der Waals surface area (Å²) in [5.41, 5.74) is 0. The predicted octanol–water partition coefficient (Wildman–Crippen LogP) is 17.6. The molecule has 0 aliphatic carbocycles. The Morgan fingerprint density at radius 3 is 0.852 bits per heavy atom. The zero-order chi connectivity index (χ0) is 44.9. The van der Waals surface area contributed by atoms with E-state index in [9.17, 15) is 14.4 Å². The van der Waals surface area contributed by atoms with Crippen molar-refractivity contribution in [3.05, 3.63) is 0 Å². The average Bonchev–Trinajstić information content (AvgIpc) is 3.23. The van der Waals surface area contributed by atoms with Crippen LogP contribution in [0.4, 0.5) is 0 Å². The van der Waals surface area contributed by atoms with E-state index in [4.69, 9.17) is 14.2 Å². The summed E-state index contributed by atoms with van der Waals surface area (Å²) >= 11 is 0. The van der Waals surface area contributed by atoms with Crippen LogP contribution in [0.25, 0.3) is 0 Å². The molecule has 0 amide bonds. The maximum atomic E-state index is 12.8. The highest BCUT2D eigenvalue weighted by Gasteiger charge is 2.19. The quantitative estimate of drug-likeness (QED) is 0.0344. The minimum atomic E-state index is -0.763. The van der Waals surface area contributed by atoms with Crippen LogP contribution >= 0.6 is 0 Å². The Labute approximate surface area is 380 Å². The molecule has 0 aromatic heterocycles. The lowest BCUT2D eigenvalue weighted by atomic mass is 9.99. The van der Waals surface area contributed by atoms with Gasteiger partial charge in [-0.25, -0.2) is 0 Å². The zero-order valence-electron chi connectivity index (χ0n) is 42.0. The number of unbranched alkanes of at least 4 members (excludes halogenated alkanes) is 30. The molecule has 61 heavy (non-hydrogen) atoms. The van der Waals surface area contributed by atoms with Crippen molar-refractivity contribution in [3.63, 3.8) is 0 Å². The molecule has 0 aliphatic heterocycles. The van der Waals surface area contributed by atoms with Gasteiger partial charge in [0.15, 0.2) is 6.10 Å². The fraction of sp³-hybridized carbons (Fsp3) is 0.945. The number of ether oxygens (including phenoxy) is 3. The van der Waals surface area contributed by atoms with Gasteiger partial charge in [-0.15, -0.1) is 0 Å². The molecule has 0 aromatic rings. The van der Waals surface area contributed by atoms with Gasteiger partial charge in [0.2, 0.25) is 0 Å². The van der Waals surface area contributed by atoms with Crippen LogP contribution in [0.3, 0.4) is 0 Å². The van der Waals surface area contributed by atoms with Crippen molar-refractivity contribution in [1.82, 2.24) is 0 Å². The molecule has 0 spiro atoms. The van der Waals surface area contributed by atoms with Gasteiger partial charge in [-0.2, -0.15) is 0 Å². The Kier molecular flexibility index (Phi) is 45.2. The summed E-state index contributed by atoms with van der Waals surface area (Å²) in [4.78, 5) is 38.0. The van der Waals surface area contributed by atoms with E-state index in [1.807, 2.05) is 0 Å². The molecule has 0 saturated carbocycles. The Morgan fingerprint density at radius 2 is 0.574 bits per heavy atom. The molecule has 0 fully saturated rings. The predicted molar refractivity (Wildman–Crippen MR) is 261 cm³/mol. The highest BCUT2D eigenvalue weighted by atomic mass is 16.6. The number of hydrogen-bond donors (Lipinski definition) is 0. The van der Waals surface area contributed by atoms with Crippen LogP contribution in [0.5, 0.6) is 0 Å². The minimum absolute atomic E-state index is 0.0645. The number of rotatable bonds is 48. The minimum Gasteiger partial charge on any atom is -0.462 e. The number of hydrogen-bond acceptors (Lipinski definition) is 6. The molecule has 0 rings (SSSR count). The molecule has 6 heteroatoms. The van der Waals surface area contributed by atoms with Gasteiger partial charge < -0.3 is 14.2 Å². The largest absolute Gasteiger partial charge is 0.462 e. The smallest absolute Gasteiger partial charge is 0.306 e. The Morgan fingerprint density at radius 1 is 0.328 bits per heavy atom. The fourth-order valence-corrected chi connectivity index (χ4v) is 8.26. The van der Waals surface area contributed by atoms with Crippen molar-refractivity contribution < 1.29 is 28.6 Å². The lowest BCUT2D eigenvalue weighted by Crippen LogP contribution is -2.30. The van der Waals surface area contributed by atoms with Gasteiger partial charge in [0, 0.05) is 19.3 Å². The van der Waals surface area contributed by atoms with E-state index in [1.165, 1.54) is 180 Å². The highest BCUT2D eigenvalue weighted by Crippen LogP contribution is 2.18. The van der Waals surface area contributed by atoms with Crippen molar-refractivity contribution >= 4 is 17.9 Å². The van der Waals surface area contributed by atoms with Crippen LogP contribution < -0.4 is 0 Å². The van der Waals surface area contributed by atoms with E-state index in [0.29, 0.717) is 19.3 Å². The highest BCUT2D eigenvalue weighted by molar-refractivity contribution is 5.71. The molecule has 6 nitrogen and oxygen atoms in total. The molecule has 2 atom stereocenters. The summed E-state index contributed by atoms with van der Waals surface area (Å²) in [6.45, 7) is 13.7. The van der Waals surface area contributed by atoms with Crippen LogP contribution in [0, 0.1) is 17.8 Å². The molecular formula is C55H106O6. The van der Waals surface area contributed by atoms with E-state index < -0.39 is 6.10 Å². The van der Waals surface area contributed by atoms with Gasteiger partial charge in [0.05, 0.1) is 0 Å². The van der Waals surface area contributed by atoms with Gasteiger partial charge in [-0.05, 0) is 37.0 Å². The van der Waals surface area contributed by atoms with Crippen molar-refractivity contribution in [1.29, 1.82) is 0 Å². The molecule has 0 radical (unpaired) electrons. The maximum absolute atomic E-state index is 12.8. The summed E-state index contributed by atoms with van der Waals surface area (Å²) in [6, 6.07) is 0. The number of esters is 3. The maximum Gasteiger partial charge on any atom is 0.306 e. The van der Waals surface area contributed by atoms with Crippen molar-refractivity contribution in [3.8, 4) is 0 Å². The molecule has 1 unspecified atom stereocenters. The normalized spacial score (nSPS) is 12.6. The third-order valence-corrected chi connectivity index (χ3v) is 12.8. The Bertz CT molecular complexity index is 947. The van der Waals surface area contributed by atoms with E-state index >= 15 is 0 Å². The molecule has 0 saturated heterocycles. The van der Waals surface area contributed by atoms with Crippen molar-refractivity contribution in [2.24, 2.45) is 17.8 Å². The van der Waals surface area contributed by atoms with Gasteiger partial charge in [0.25, 0.3) is 0 Å². The lowest BCUT2D eigenvalue weighted by molar-refractivity contribution is -0.167. The van der Waals surface area contributed by atoms with Crippen molar-refractivity contribution in [2.45, 2.75) is 304 Å². The van der Waals surface area contributed by atoms with Crippen LogP contribution in [0.15, 0.2) is 0 Å². The van der Waals surface area contributed by atoms with Crippen LogP contribution in [-0.4, -0.2) is 37.2 Å². The second-order valence-electron chi connectivity index (χ2n) is 20.1. The Balaban J connectivity index is 4.28. The van der Waals surface area contributed by atoms with Crippen molar-refractivity contribution in [2.75, 3.05) is 13.2 Å². The van der Waals surface area contributed by atoms with Gasteiger partial charge in [0.1, 0.15) is 13.2 Å². The summed E-state index contributed by atoms with van der Waals surface area (Å²) in [5.74, 6) is 1.67. The standard InChI is InChI=1S/C55H106O6/c1-7-51(6)43-37-31-25-18-14-10-8-9-11-15-19-26-32-38-44-53(56)59-47-52(48-60-54(57)45-39-33-27-22-21-24-30-36-42-50(4)5)61-55(58)46-40-34-28-20-16-12-13-17-23-29-35-41-49(2)3/h49-52H,7-48H2,1-6H3/t51?,52-/m0/s1. The monoisotopic (exact) mass is 863 g/mol. The molecule has 0 bridgehead atoms. The fourth-order valence-electron chi connectivity index (χ4n) is 8.26. The summed E-state index contributed by atoms with van der Waals surface area (Å²) < 4.78 is 16.8. The second kappa shape index (κ2) is 46.4. The topological polar surface area (TPSA) is 78.9 Å². The van der Waals surface area contributed by atoms with Gasteiger partial charge in [-0.3, -0.25) is 14.4 Å². The molecule has 362 valence electrons. The first kappa shape index (κ1) is 59.4. The van der Waals surface area contributed by atoms with E-state index in [1.54, 1.807) is 0 Å². The number of carbonyl (C=O) groups excluding carboxylic acids is 3. The Hall–Kier alpha value is -1.59.